The van der Waals surface area contributed by atoms with Crippen molar-refractivity contribution in [1.29, 1.82) is 0 Å². The minimum Gasteiger partial charge on any atom is -0.507 e. The number of aryl methyl sites for hydroxylation is 2. The highest BCUT2D eigenvalue weighted by Crippen LogP contribution is 2.43. The van der Waals surface area contributed by atoms with Gasteiger partial charge in [-0.2, -0.15) is 0 Å². The fourth-order valence-corrected chi connectivity index (χ4v) is 8.09. The molecule has 52 heavy (non-hydrogen) atoms. The number of likely N-dealkylation sites (tertiary alicyclic amines) is 1. The highest BCUT2D eigenvalue weighted by Gasteiger charge is 2.40. The van der Waals surface area contributed by atoms with E-state index in [4.69, 9.17) is 9.47 Å². The van der Waals surface area contributed by atoms with E-state index >= 15 is 0 Å². The molecule has 2 aromatic rings. The van der Waals surface area contributed by atoms with E-state index < -0.39 is 0 Å². The van der Waals surface area contributed by atoms with Gasteiger partial charge in [-0.05, 0) is 102 Å². The molecule has 3 rings (SSSR count). The Hall–Kier alpha value is -3.06. The minimum atomic E-state index is -0.245. The van der Waals surface area contributed by atoms with Crippen molar-refractivity contribution in [2.24, 2.45) is 0 Å². The van der Waals surface area contributed by atoms with Gasteiger partial charge < -0.3 is 19.7 Å². The molecule has 0 aliphatic carbocycles. The van der Waals surface area contributed by atoms with Gasteiger partial charge in [0.05, 0.1) is 0 Å². The van der Waals surface area contributed by atoms with Gasteiger partial charge in [0, 0.05) is 43.0 Å². The molecule has 0 aromatic heterocycles. The maximum absolute atomic E-state index is 13.2. The lowest BCUT2D eigenvalue weighted by Gasteiger charge is -2.49. The fraction of sp³-hybridized carbons (Fsp3) is 0.689. The van der Waals surface area contributed by atoms with E-state index in [9.17, 15) is 19.8 Å². The molecular formula is C45H71NO6. The predicted octanol–water partition coefficient (Wildman–Crippen LogP) is 9.88. The second kappa shape index (κ2) is 15.7. The van der Waals surface area contributed by atoms with Crippen molar-refractivity contribution < 1.29 is 29.3 Å². The number of hydrogen-bond donors (Lipinski definition) is 2. The fourth-order valence-electron chi connectivity index (χ4n) is 8.09. The van der Waals surface area contributed by atoms with Gasteiger partial charge in [0.25, 0.3) is 0 Å². The van der Waals surface area contributed by atoms with Gasteiger partial charge in [0.1, 0.15) is 24.2 Å². The van der Waals surface area contributed by atoms with Crippen LogP contribution in [0.3, 0.4) is 0 Å². The SMILES string of the molecule is Cc1c(CCC(=O)OC2CC(C)N(CCOC(=O)CCc3cc(C(C)(C)C)c(O)c(C(C)(C)C)c3)C(C)(C)C2)cc(C(C)(C)C)c(O)c1C(C)(C)C. The molecule has 1 heterocycles. The van der Waals surface area contributed by atoms with Gasteiger partial charge in [0.15, 0.2) is 0 Å². The normalized spacial score (nSPS) is 18.7. The standard InChI is InChI=1S/C45H71NO6/c1-28-23-32(52-37(48)20-18-31-26-35(43(9,10)11)40(50)38(29(31)2)44(12,13)14)27-45(15,16)46(28)21-22-51-36(47)19-17-30-24-33(41(3,4)5)39(49)34(25-30)42(6,7)8/h24-26,28,32,49-50H,17-23,27H2,1-16H3. The van der Waals surface area contributed by atoms with Crippen molar-refractivity contribution in [3.05, 3.63) is 57.1 Å². The molecule has 7 nitrogen and oxygen atoms in total. The molecule has 1 aliphatic heterocycles. The summed E-state index contributed by atoms with van der Waals surface area (Å²) >= 11 is 0. The number of piperidine rings is 1. The maximum atomic E-state index is 13.2. The number of esters is 2. The first-order chi connectivity index (χ1) is 23.5. The van der Waals surface area contributed by atoms with Crippen molar-refractivity contribution in [1.82, 2.24) is 4.90 Å². The molecule has 0 saturated carbocycles. The Morgan fingerprint density at radius 3 is 1.75 bits per heavy atom. The number of phenols is 2. The summed E-state index contributed by atoms with van der Waals surface area (Å²) in [7, 11) is 0. The van der Waals surface area contributed by atoms with Gasteiger partial charge >= 0.3 is 11.9 Å². The molecule has 1 saturated heterocycles. The topological polar surface area (TPSA) is 96.3 Å². The van der Waals surface area contributed by atoms with Crippen molar-refractivity contribution in [2.45, 2.75) is 189 Å². The molecule has 2 N–H and O–H groups in total. The largest absolute Gasteiger partial charge is 0.507 e. The smallest absolute Gasteiger partial charge is 0.306 e. The first-order valence-electron chi connectivity index (χ1n) is 19.4. The molecule has 2 aromatic carbocycles. The van der Waals surface area contributed by atoms with Crippen LogP contribution < -0.4 is 0 Å². The third-order valence-corrected chi connectivity index (χ3v) is 10.8. The van der Waals surface area contributed by atoms with Crippen LogP contribution in [0.15, 0.2) is 18.2 Å². The van der Waals surface area contributed by atoms with Crippen molar-refractivity contribution >= 4 is 11.9 Å². The molecule has 7 heteroatoms. The highest BCUT2D eigenvalue weighted by atomic mass is 16.5. The number of rotatable bonds is 10. The Balaban J connectivity index is 1.57. The van der Waals surface area contributed by atoms with E-state index in [-0.39, 0.29) is 64.1 Å². The summed E-state index contributed by atoms with van der Waals surface area (Å²) in [5, 5.41) is 22.3. The molecule has 0 radical (unpaired) electrons. The zero-order valence-electron chi connectivity index (χ0n) is 35.5. The molecule has 292 valence electrons. The second-order valence-corrected chi connectivity index (χ2v) is 20.1. The molecule has 0 spiro atoms. The quantitative estimate of drug-likeness (QED) is 0.236. The third-order valence-electron chi connectivity index (χ3n) is 10.8. The van der Waals surface area contributed by atoms with E-state index in [0.29, 0.717) is 43.9 Å². The number of hydrogen-bond acceptors (Lipinski definition) is 7. The van der Waals surface area contributed by atoms with Crippen molar-refractivity contribution in [2.75, 3.05) is 13.2 Å². The summed E-state index contributed by atoms with van der Waals surface area (Å²) in [6.07, 6.45) is 2.89. The zero-order chi connectivity index (χ0) is 39.8. The summed E-state index contributed by atoms with van der Waals surface area (Å²) in [5.74, 6) is 0.274. The number of nitrogens with zero attached hydrogens (tertiary/aromatic N) is 1. The Morgan fingerprint density at radius 2 is 1.27 bits per heavy atom. The summed E-state index contributed by atoms with van der Waals surface area (Å²) in [5.41, 5.74) is 5.61. The molecule has 1 aliphatic rings. The number of carbonyl (C=O) groups excluding carboxylic acids is 2. The van der Waals surface area contributed by atoms with Crippen LogP contribution in [0.2, 0.25) is 0 Å². The second-order valence-electron chi connectivity index (χ2n) is 20.1. The minimum absolute atomic E-state index is 0.145. The van der Waals surface area contributed by atoms with Crippen LogP contribution >= 0.6 is 0 Å². The number of phenolic OH excluding ortho intramolecular Hbond substituents is 2. The third kappa shape index (κ3) is 10.8. The number of ether oxygens (including phenoxy) is 2. The van der Waals surface area contributed by atoms with E-state index in [1.54, 1.807) is 0 Å². The Labute approximate surface area is 315 Å². The van der Waals surface area contributed by atoms with Crippen LogP contribution in [-0.4, -0.2) is 57.9 Å². The molecule has 2 unspecified atom stereocenters. The zero-order valence-corrected chi connectivity index (χ0v) is 35.5. The highest BCUT2D eigenvalue weighted by molar-refractivity contribution is 5.70. The Bertz CT molecular complexity index is 1560. The molecule has 2 atom stereocenters. The molecule has 1 fully saturated rings. The van der Waals surface area contributed by atoms with Crippen LogP contribution in [0, 0.1) is 6.92 Å². The van der Waals surface area contributed by atoms with Gasteiger partial charge in [-0.3, -0.25) is 14.5 Å². The molecule has 0 amide bonds. The van der Waals surface area contributed by atoms with Crippen LogP contribution in [-0.2, 0) is 53.6 Å². The summed E-state index contributed by atoms with van der Waals surface area (Å²) in [6, 6.07) is 6.27. The van der Waals surface area contributed by atoms with Crippen molar-refractivity contribution in [3.63, 3.8) is 0 Å². The van der Waals surface area contributed by atoms with Crippen LogP contribution in [0.4, 0.5) is 0 Å². The summed E-state index contributed by atoms with van der Waals surface area (Å²) in [6.45, 7) is 34.6. The number of aromatic hydroxyl groups is 2. The summed E-state index contributed by atoms with van der Waals surface area (Å²) in [4.78, 5) is 28.5. The molecule has 0 bridgehead atoms. The average molecular weight is 722 g/mol. The Morgan fingerprint density at radius 1 is 0.769 bits per heavy atom. The van der Waals surface area contributed by atoms with Gasteiger partial charge in [0.2, 0.25) is 0 Å². The van der Waals surface area contributed by atoms with Crippen LogP contribution in [0.5, 0.6) is 11.5 Å². The van der Waals surface area contributed by atoms with E-state index in [1.165, 1.54) is 0 Å². The van der Waals surface area contributed by atoms with Gasteiger partial charge in [-0.15, -0.1) is 0 Å². The van der Waals surface area contributed by atoms with Gasteiger partial charge in [-0.1, -0.05) is 101 Å². The van der Waals surface area contributed by atoms with Crippen LogP contribution in [0.25, 0.3) is 0 Å². The lowest BCUT2D eigenvalue weighted by Crippen LogP contribution is -2.57. The van der Waals surface area contributed by atoms with E-state index in [2.05, 4.69) is 115 Å². The maximum Gasteiger partial charge on any atom is 0.306 e. The monoisotopic (exact) mass is 722 g/mol. The lowest BCUT2D eigenvalue weighted by molar-refractivity contribution is -0.157. The first-order valence-corrected chi connectivity index (χ1v) is 19.4. The Kier molecular flexibility index (Phi) is 13.1. The van der Waals surface area contributed by atoms with E-state index in [1.807, 2.05) is 19.1 Å². The number of carbonyl (C=O) groups is 2. The molecular weight excluding hydrogens is 650 g/mol. The average Bonchev–Trinajstić information content (AvgIpc) is 2.94. The van der Waals surface area contributed by atoms with E-state index in [0.717, 1.165) is 45.4 Å². The lowest BCUT2D eigenvalue weighted by atomic mass is 9.75. The van der Waals surface area contributed by atoms with Crippen molar-refractivity contribution in [3.8, 4) is 11.5 Å². The van der Waals surface area contributed by atoms with Gasteiger partial charge in [-0.25, -0.2) is 0 Å². The number of benzene rings is 2. The summed E-state index contributed by atoms with van der Waals surface area (Å²) < 4.78 is 11.8. The first kappa shape index (κ1) is 43.3. The van der Waals surface area contributed by atoms with Crippen LogP contribution in [0.1, 0.15) is 168 Å². The predicted molar refractivity (Wildman–Crippen MR) is 213 cm³/mol.